The van der Waals surface area contributed by atoms with Gasteiger partial charge in [-0.25, -0.2) is 8.78 Å². The number of hydrogen-bond donors (Lipinski definition) is 1. The predicted octanol–water partition coefficient (Wildman–Crippen LogP) is 2.74. The van der Waals surface area contributed by atoms with Crippen LogP contribution in [0.1, 0.15) is 25.7 Å². The van der Waals surface area contributed by atoms with E-state index in [9.17, 15) is 13.6 Å². The van der Waals surface area contributed by atoms with E-state index in [1.54, 1.807) is 0 Å². The van der Waals surface area contributed by atoms with Gasteiger partial charge in [-0.2, -0.15) is 0 Å². The Morgan fingerprint density at radius 3 is 2.59 bits per heavy atom. The SMILES string of the molecule is O=C(O)CC1(Oc2ccc(F)cc2F)CCC1. The molecule has 1 aliphatic carbocycles. The summed E-state index contributed by atoms with van der Waals surface area (Å²) < 4.78 is 31.5. The number of rotatable bonds is 4. The Labute approximate surface area is 97.0 Å². The zero-order valence-corrected chi connectivity index (χ0v) is 9.08. The van der Waals surface area contributed by atoms with Gasteiger partial charge < -0.3 is 9.84 Å². The van der Waals surface area contributed by atoms with Gasteiger partial charge in [-0.3, -0.25) is 4.79 Å². The number of aliphatic carboxylic acids is 1. The summed E-state index contributed by atoms with van der Waals surface area (Å²) in [6.45, 7) is 0. The van der Waals surface area contributed by atoms with E-state index in [1.807, 2.05) is 0 Å². The first-order valence-corrected chi connectivity index (χ1v) is 5.37. The summed E-state index contributed by atoms with van der Waals surface area (Å²) in [6, 6.07) is 3.00. The first-order valence-electron chi connectivity index (χ1n) is 5.37. The van der Waals surface area contributed by atoms with Gasteiger partial charge in [0.2, 0.25) is 0 Å². The van der Waals surface area contributed by atoms with Gasteiger partial charge in [0.1, 0.15) is 11.4 Å². The third-order valence-electron chi connectivity index (χ3n) is 2.96. The van der Waals surface area contributed by atoms with Gasteiger partial charge in [0.25, 0.3) is 0 Å². The lowest BCUT2D eigenvalue weighted by atomic mass is 9.77. The van der Waals surface area contributed by atoms with E-state index in [2.05, 4.69) is 0 Å². The highest BCUT2D eigenvalue weighted by Crippen LogP contribution is 2.40. The fourth-order valence-corrected chi connectivity index (χ4v) is 1.95. The lowest BCUT2D eigenvalue weighted by Gasteiger charge is -2.40. The second-order valence-corrected chi connectivity index (χ2v) is 4.28. The first-order chi connectivity index (χ1) is 8.01. The van der Waals surface area contributed by atoms with E-state index in [0.717, 1.165) is 18.6 Å². The molecule has 1 aliphatic rings. The normalized spacial score (nSPS) is 17.3. The Hall–Kier alpha value is -1.65. The van der Waals surface area contributed by atoms with E-state index >= 15 is 0 Å². The van der Waals surface area contributed by atoms with Crippen molar-refractivity contribution in [2.75, 3.05) is 0 Å². The maximum absolute atomic E-state index is 13.4. The third kappa shape index (κ3) is 2.54. The van der Waals surface area contributed by atoms with E-state index in [0.29, 0.717) is 12.8 Å². The number of benzene rings is 1. The molecular weight excluding hydrogens is 230 g/mol. The highest BCUT2D eigenvalue weighted by Gasteiger charge is 2.42. The van der Waals surface area contributed by atoms with Gasteiger partial charge in [0.15, 0.2) is 11.6 Å². The summed E-state index contributed by atoms with van der Waals surface area (Å²) in [5, 5.41) is 8.77. The number of carboxylic acids is 1. The molecular formula is C12H12F2O3. The van der Waals surface area contributed by atoms with Crippen LogP contribution in [0.15, 0.2) is 18.2 Å². The van der Waals surface area contributed by atoms with Crippen LogP contribution in [0, 0.1) is 11.6 Å². The van der Waals surface area contributed by atoms with Gasteiger partial charge in [-0.1, -0.05) is 0 Å². The lowest BCUT2D eigenvalue weighted by molar-refractivity contribution is -0.144. The average molecular weight is 242 g/mol. The van der Waals surface area contributed by atoms with Crippen LogP contribution in [0.25, 0.3) is 0 Å². The molecule has 0 aromatic heterocycles. The van der Waals surface area contributed by atoms with Gasteiger partial charge in [-0.15, -0.1) is 0 Å². The van der Waals surface area contributed by atoms with Gasteiger partial charge in [-0.05, 0) is 31.4 Å². The van der Waals surface area contributed by atoms with Crippen molar-refractivity contribution >= 4 is 5.97 Å². The average Bonchev–Trinajstić information content (AvgIpc) is 2.18. The van der Waals surface area contributed by atoms with Crippen LogP contribution in [0.3, 0.4) is 0 Å². The van der Waals surface area contributed by atoms with E-state index in [-0.39, 0.29) is 12.2 Å². The summed E-state index contributed by atoms with van der Waals surface area (Å²) in [4.78, 5) is 10.7. The maximum atomic E-state index is 13.4. The summed E-state index contributed by atoms with van der Waals surface area (Å²) in [7, 11) is 0. The molecule has 1 saturated carbocycles. The van der Waals surface area contributed by atoms with Gasteiger partial charge >= 0.3 is 5.97 Å². The molecule has 0 spiro atoms. The molecule has 0 amide bonds. The maximum Gasteiger partial charge on any atom is 0.307 e. The second-order valence-electron chi connectivity index (χ2n) is 4.28. The zero-order valence-electron chi connectivity index (χ0n) is 9.08. The smallest absolute Gasteiger partial charge is 0.307 e. The molecule has 0 radical (unpaired) electrons. The van der Waals surface area contributed by atoms with Crippen molar-refractivity contribution < 1.29 is 23.4 Å². The van der Waals surface area contributed by atoms with Crippen molar-refractivity contribution in [2.45, 2.75) is 31.3 Å². The van der Waals surface area contributed by atoms with Crippen molar-refractivity contribution in [3.63, 3.8) is 0 Å². The highest BCUT2D eigenvalue weighted by molar-refractivity contribution is 5.68. The molecule has 0 aliphatic heterocycles. The summed E-state index contributed by atoms with van der Waals surface area (Å²) >= 11 is 0. The Balaban J connectivity index is 2.15. The lowest BCUT2D eigenvalue weighted by Crippen LogP contribution is -2.45. The Morgan fingerprint density at radius 1 is 1.41 bits per heavy atom. The summed E-state index contributed by atoms with van der Waals surface area (Å²) in [5.74, 6) is -2.56. The molecule has 5 heteroatoms. The second kappa shape index (κ2) is 4.31. The Morgan fingerprint density at radius 2 is 2.12 bits per heavy atom. The van der Waals surface area contributed by atoms with Crippen LogP contribution in [0.5, 0.6) is 5.75 Å². The molecule has 0 atom stereocenters. The quantitative estimate of drug-likeness (QED) is 0.883. The van der Waals surface area contributed by atoms with Crippen LogP contribution in [-0.2, 0) is 4.79 Å². The minimum atomic E-state index is -0.979. The van der Waals surface area contributed by atoms with Crippen molar-refractivity contribution in [2.24, 2.45) is 0 Å². The highest BCUT2D eigenvalue weighted by atomic mass is 19.1. The fraction of sp³-hybridized carbons (Fsp3) is 0.417. The molecule has 17 heavy (non-hydrogen) atoms. The topological polar surface area (TPSA) is 46.5 Å². The van der Waals surface area contributed by atoms with Crippen LogP contribution in [-0.4, -0.2) is 16.7 Å². The molecule has 0 unspecified atom stereocenters. The fourth-order valence-electron chi connectivity index (χ4n) is 1.95. The summed E-state index contributed by atoms with van der Waals surface area (Å²) in [5.41, 5.74) is -0.829. The van der Waals surface area contributed by atoms with Crippen molar-refractivity contribution in [3.05, 3.63) is 29.8 Å². The first kappa shape index (κ1) is 11.8. The Bertz CT molecular complexity index is 441. The number of ether oxygens (including phenoxy) is 1. The van der Waals surface area contributed by atoms with E-state index in [1.165, 1.54) is 6.07 Å². The third-order valence-corrected chi connectivity index (χ3v) is 2.96. The monoisotopic (exact) mass is 242 g/mol. The molecule has 0 heterocycles. The van der Waals surface area contributed by atoms with Crippen molar-refractivity contribution in [1.82, 2.24) is 0 Å². The standard InChI is InChI=1S/C12H12F2O3/c13-8-2-3-10(9(14)6-8)17-12(4-1-5-12)7-11(15)16/h2-3,6H,1,4-5,7H2,(H,15,16). The predicted molar refractivity (Wildman–Crippen MR) is 55.8 cm³/mol. The van der Waals surface area contributed by atoms with Gasteiger partial charge in [0.05, 0.1) is 6.42 Å². The number of halogens is 2. The van der Waals surface area contributed by atoms with Crippen LogP contribution in [0.2, 0.25) is 0 Å². The molecule has 2 rings (SSSR count). The minimum absolute atomic E-state index is 0.0904. The van der Waals surface area contributed by atoms with Gasteiger partial charge in [0, 0.05) is 6.07 Å². The van der Waals surface area contributed by atoms with Crippen LogP contribution >= 0.6 is 0 Å². The van der Waals surface area contributed by atoms with E-state index < -0.39 is 23.2 Å². The molecule has 1 fully saturated rings. The largest absolute Gasteiger partial charge is 0.484 e. The van der Waals surface area contributed by atoms with Crippen LogP contribution < -0.4 is 4.74 Å². The molecule has 1 N–H and O–H groups in total. The molecule has 0 saturated heterocycles. The van der Waals surface area contributed by atoms with Crippen molar-refractivity contribution in [3.8, 4) is 5.75 Å². The zero-order chi connectivity index (χ0) is 12.5. The summed E-state index contributed by atoms with van der Waals surface area (Å²) in [6.07, 6.45) is 1.85. The molecule has 0 bridgehead atoms. The number of carbonyl (C=O) groups is 1. The number of carboxylic acid groups (broad SMARTS) is 1. The van der Waals surface area contributed by atoms with Crippen molar-refractivity contribution in [1.29, 1.82) is 0 Å². The van der Waals surface area contributed by atoms with Crippen LogP contribution in [0.4, 0.5) is 8.78 Å². The van der Waals surface area contributed by atoms with E-state index in [4.69, 9.17) is 9.84 Å². The Kier molecular flexibility index (Phi) is 3.00. The minimum Gasteiger partial charge on any atom is -0.484 e. The molecule has 3 nitrogen and oxygen atoms in total. The number of hydrogen-bond acceptors (Lipinski definition) is 2. The molecule has 92 valence electrons. The molecule has 1 aromatic carbocycles. The molecule has 1 aromatic rings.